The number of anilines is 4. The number of alkyl halides is 1. The molecule has 0 spiro atoms. The Morgan fingerprint density at radius 1 is 1.14 bits per heavy atom. The Bertz CT molecular complexity index is 1670. The molecule has 7 rings (SSSR count). The van der Waals surface area contributed by atoms with Gasteiger partial charge in [-0.1, -0.05) is 0 Å². The molecular formula is C26H25FN10. The molecule has 0 radical (unpaired) electrons. The number of hydrogen-bond acceptors (Lipinski definition) is 8. The van der Waals surface area contributed by atoms with E-state index < -0.39 is 6.17 Å². The molecule has 0 aromatic carbocycles. The molecule has 0 unspecified atom stereocenters. The second-order valence-electron chi connectivity index (χ2n) is 9.51. The van der Waals surface area contributed by atoms with E-state index in [-0.39, 0.29) is 0 Å². The maximum Gasteiger partial charge on any atom is 0.153 e. The Labute approximate surface area is 211 Å². The Morgan fingerprint density at radius 2 is 2.05 bits per heavy atom. The predicted octanol–water partition coefficient (Wildman–Crippen LogP) is 4.15. The fourth-order valence-corrected chi connectivity index (χ4v) is 5.23. The number of aromatic nitrogens is 7. The molecule has 2 aliphatic rings. The second-order valence-corrected chi connectivity index (χ2v) is 9.51. The summed E-state index contributed by atoms with van der Waals surface area (Å²) in [5.74, 6) is 2.76. The smallest absolute Gasteiger partial charge is 0.153 e. The molecule has 0 saturated heterocycles. The molecule has 186 valence electrons. The minimum absolute atomic E-state index is 0.379. The predicted molar refractivity (Wildman–Crippen MR) is 139 cm³/mol. The van der Waals surface area contributed by atoms with E-state index in [0.29, 0.717) is 42.5 Å². The van der Waals surface area contributed by atoms with Crippen LogP contribution in [0.2, 0.25) is 0 Å². The van der Waals surface area contributed by atoms with Crippen LogP contribution in [0.1, 0.15) is 35.4 Å². The summed E-state index contributed by atoms with van der Waals surface area (Å²) in [7, 11) is 0. The minimum atomic E-state index is -1.06. The molecular weight excluding hydrogens is 471 g/mol. The number of halogens is 1. The summed E-state index contributed by atoms with van der Waals surface area (Å²) in [4.78, 5) is 18.0. The Kier molecular flexibility index (Phi) is 4.85. The van der Waals surface area contributed by atoms with Crippen LogP contribution in [0.15, 0.2) is 43.0 Å². The highest BCUT2D eigenvalue weighted by molar-refractivity contribution is 5.95. The maximum absolute atomic E-state index is 14.4. The van der Waals surface area contributed by atoms with Crippen molar-refractivity contribution in [2.24, 2.45) is 0 Å². The van der Waals surface area contributed by atoms with E-state index in [0.717, 1.165) is 57.9 Å². The molecule has 2 aliphatic heterocycles. The van der Waals surface area contributed by atoms with Crippen molar-refractivity contribution in [3.63, 3.8) is 0 Å². The van der Waals surface area contributed by atoms with E-state index in [4.69, 9.17) is 10.8 Å². The average Bonchev–Trinajstić information content (AvgIpc) is 3.46. The van der Waals surface area contributed by atoms with E-state index >= 15 is 0 Å². The quantitative estimate of drug-likeness (QED) is 0.340. The largest absolute Gasteiger partial charge is 0.383 e. The number of hydrogen-bond donors (Lipinski definition) is 3. The SMILES string of the molecule is Cc1c(-c2cc3cc(Nc4cc5n(n4)Cc4nccn4CC5)ncc3c(N)n2)cnc2c1NCC[C@@H]2F. The maximum atomic E-state index is 14.4. The van der Waals surface area contributed by atoms with Crippen LogP contribution >= 0.6 is 0 Å². The van der Waals surface area contributed by atoms with Crippen LogP contribution in [-0.2, 0) is 19.5 Å². The summed E-state index contributed by atoms with van der Waals surface area (Å²) in [6.45, 7) is 4.04. The fraction of sp³-hybridized carbons (Fsp3) is 0.269. The number of nitrogens with two attached hydrogens (primary N) is 1. The van der Waals surface area contributed by atoms with Crippen molar-refractivity contribution in [2.75, 3.05) is 22.9 Å². The third-order valence-electron chi connectivity index (χ3n) is 7.21. The lowest BCUT2D eigenvalue weighted by Crippen LogP contribution is -2.17. The van der Waals surface area contributed by atoms with Crippen LogP contribution in [0.4, 0.5) is 27.5 Å². The van der Waals surface area contributed by atoms with Crippen LogP contribution in [0.3, 0.4) is 0 Å². The summed E-state index contributed by atoms with van der Waals surface area (Å²) in [5.41, 5.74) is 11.1. The molecule has 1 atom stereocenters. The van der Waals surface area contributed by atoms with E-state index in [9.17, 15) is 4.39 Å². The van der Waals surface area contributed by atoms with E-state index in [1.165, 1.54) is 0 Å². The molecule has 5 aromatic heterocycles. The summed E-state index contributed by atoms with van der Waals surface area (Å²) in [5, 5.41) is 13.0. The van der Waals surface area contributed by atoms with Crippen LogP contribution in [0.5, 0.6) is 0 Å². The van der Waals surface area contributed by atoms with Gasteiger partial charge in [0.1, 0.15) is 23.6 Å². The molecule has 7 heterocycles. The summed E-state index contributed by atoms with van der Waals surface area (Å²) >= 11 is 0. The molecule has 0 saturated carbocycles. The second kappa shape index (κ2) is 8.26. The third kappa shape index (κ3) is 3.65. The summed E-state index contributed by atoms with van der Waals surface area (Å²) in [6.07, 6.45) is 7.48. The van der Waals surface area contributed by atoms with Gasteiger partial charge in [0, 0.05) is 73.4 Å². The number of aryl methyl sites for hydroxylation is 2. The highest BCUT2D eigenvalue weighted by atomic mass is 19.1. The van der Waals surface area contributed by atoms with Crippen molar-refractivity contribution >= 4 is 33.9 Å². The molecule has 0 bridgehead atoms. The zero-order valence-corrected chi connectivity index (χ0v) is 20.2. The topological polar surface area (TPSA) is 124 Å². The van der Waals surface area contributed by atoms with Gasteiger partial charge in [-0.2, -0.15) is 5.10 Å². The van der Waals surface area contributed by atoms with Gasteiger partial charge in [-0.3, -0.25) is 9.67 Å². The highest BCUT2D eigenvalue weighted by Gasteiger charge is 2.24. The van der Waals surface area contributed by atoms with Crippen LogP contribution < -0.4 is 16.4 Å². The number of nitrogen functional groups attached to an aromatic ring is 1. The lowest BCUT2D eigenvalue weighted by molar-refractivity contribution is 0.317. The molecule has 10 nitrogen and oxygen atoms in total. The van der Waals surface area contributed by atoms with Crippen molar-refractivity contribution in [3.05, 3.63) is 65.8 Å². The first-order valence-electron chi connectivity index (χ1n) is 12.3. The van der Waals surface area contributed by atoms with E-state index in [1.54, 1.807) is 12.4 Å². The van der Waals surface area contributed by atoms with Gasteiger partial charge in [-0.05, 0) is 30.0 Å². The number of nitrogens with zero attached hydrogens (tertiary/aromatic N) is 7. The molecule has 37 heavy (non-hydrogen) atoms. The monoisotopic (exact) mass is 496 g/mol. The number of rotatable bonds is 3. The number of nitrogens with one attached hydrogen (secondary N) is 2. The van der Waals surface area contributed by atoms with Crippen molar-refractivity contribution in [2.45, 2.75) is 39.0 Å². The molecule has 5 aromatic rings. The first-order chi connectivity index (χ1) is 18.0. The van der Waals surface area contributed by atoms with E-state index in [1.807, 2.05) is 36.1 Å². The van der Waals surface area contributed by atoms with E-state index in [2.05, 4.69) is 41.2 Å². The first kappa shape index (κ1) is 21.7. The first-order valence-corrected chi connectivity index (χ1v) is 12.3. The normalized spacial score (nSPS) is 16.4. The number of imidazole rings is 1. The number of pyridine rings is 3. The van der Waals surface area contributed by atoms with Gasteiger partial charge >= 0.3 is 0 Å². The van der Waals surface area contributed by atoms with Crippen molar-refractivity contribution in [3.8, 4) is 11.3 Å². The van der Waals surface area contributed by atoms with Gasteiger partial charge in [0.15, 0.2) is 5.82 Å². The standard InChI is InChI=1S/C26H25FN10/c1-14-17(11-32-25-19(27)2-4-30-24(14)25)20-8-15-9-21(31-12-18(15)26(28)33-20)34-22-10-16-3-6-36-7-5-29-23(36)13-37(16)35-22/h5,7-12,19,30H,2-4,6,13H2,1H3,(H2,28,33)(H,31,34,35)/t19-/m0/s1. The highest BCUT2D eigenvalue weighted by Crippen LogP contribution is 2.38. The zero-order chi connectivity index (χ0) is 25.1. The minimum Gasteiger partial charge on any atom is -0.383 e. The lowest BCUT2D eigenvalue weighted by atomic mass is 9.98. The van der Waals surface area contributed by atoms with Gasteiger partial charge in [0.05, 0.1) is 23.6 Å². The molecule has 0 aliphatic carbocycles. The molecule has 0 amide bonds. The molecule has 11 heteroatoms. The van der Waals surface area contributed by atoms with Crippen LogP contribution in [0.25, 0.3) is 22.0 Å². The zero-order valence-electron chi connectivity index (χ0n) is 20.2. The van der Waals surface area contributed by atoms with Crippen LogP contribution in [-0.4, -0.2) is 40.8 Å². The fourth-order valence-electron chi connectivity index (χ4n) is 5.23. The Balaban J connectivity index is 1.22. The number of fused-ring (bicyclic) bond motifs is 4. The Morgan fingerprint density at radius 3 is 2.97 bits per heavy atom. The van der Waals surface area contributed by atoms with Crippen molar-refractivity contribution < 1.29 is 4.39 Å². The van der Waals surface area contributed by atoms with Crippen molar-refractivity contribution in [1.82, 2.24) is 34.3 Å². The lowest BCUT2D eigenvalue weighted by Gasteiger charge is -2.23. The van der Waals surface area contributed by atoms with Gasteiger partial charge < -0.3 is 20.9 Å². The summed E-state index contributed by atoms with van der Waals surface area (Å²) < 4.78 is 18.5. The third-order valence-corrected chi connectivity index (χ3v) is 7.21. The van der Waals surface area contributed by atoms with Crippen LogP contribution in [0, 0.1) is 6.92 Å². The van der Waals surface area contributed by atoms with Gasteiger partial charge in [0.2, 0.25) is 0 Å². The average molecular weight is 497 g/mol. The summed E-state index contributed by atoms with van der Waals surface area (Å²) in [6, 6.07) is 5.95. The Hall–Kier alpha value is -4.54. The van der Waals surface area contributed by atoms with Gasteiger partial charge in [-0.25, -0.2) is 19.3 Å². The molecule has 4 N–H and O–H groups in total. The van der Waals surface area contributed by atoms with Crippen molar-refractivity contribution in [1.29, 1.82) is 0 Å². The van der Waals surface area contributed by atoms with Gasteiger partial charge in [-0.15, -0.1) is 0 Å². The van der Waals surface area contributed by atoms with Gasteiger partial charge in [0.25, 0.3) is 0 Å². The molecule has 0 fully saturated rings.